The molecule has 0 amide bonds. The van der Waals surface area contributed by atoms with Gasteiger partial charge >= 0.3 is 0 Å². The molecule has 102 valence electrons. The molecule has 3 nitrogen and oxygen atoms in total. The summed E-state index contributed by atoms with van der Waals surface area (Å²) in [6, 6.07) is 0. The molecule has 0 saturated heterocycles. The predicted molar refractivity (Wildman–Crippen MR) is 77.5 cm³/mol. The van der Waals surface area contributed by atoms with Gasteiger partial charge in [0.15, 0.2) is 0 Å². The van der Waals surface area contributed by atoms with Crippen molar-refractivity contribution in [2.24, 2.45) is 0 Å². The van der Waals surface area contributed by atoms with E-state index in [0.717, 1.165) is 43.5 Å². The molecule has 2 heterocycles. The highest BCUT2D eigenvalue weighted by Crippen LogP contribution is 2.29. The molecule has 1 aliphatic rings. The first-order valence-corrected chi connectivity index (χ1v) is 7.94. The Kier molecular flexibility index (Phi) is 3.71. The standard InChI is InChI=1S/C15H20N2OS/c1-2-15-16-12(10-19-15)8-17-7-11-5-3-4-6-14(18)13(11)9-17/h7,9-10,14,18H,2-6,8H2,1H3. The molecule has 0 aliphatic heterocycles. The van der Waals surface area contributed by atoms with Crippen molar-refractivity contribution in [3.05, 3.63) is 39.6 Å². The first kappa shape index (κ1) is 12.9. The Labute approximate surface area is 117 Å². The van der Waals surface area contributed by atoms with Crippen LogP contribution in [0.4, 0.5) is 0 Å². The number of hydrogen-bond donors (Lipinski definition) is 1. The second-order valence-electron chi connectivity index (χ2n) is 5.26. The Balaban J connectivity index is 1.80. The summed E-state index contributed by atoms with van der Waals surface area (Å²) in [4.78, 5) is 4.60. The number of aliphatic hydroxyl groups is 1. The van der Waals surface area contributed by atoms with Crippen molar-refractivity contribution >= 4 is 11.3 Å². The summed E-state index contributed by atoms with van der Waals surface area (Å²) in [6.07, 6.45) is 9.33. The summed E-state index contributed by atoms with van der Waals surface area (Å²) in [6.45, 7) is 2.95. The van der Waals surface area contributed by atoms with E-state index in [0.29, 0.717) is 0 Å². The van der Waals surface area contributed by atoms with E-state index in [1.54, 1.807) is 11.3 Å². The Morgan fingerprint density at radius 3 is 3.11 bits per heavy atom. The molecule has 1 N–H and O–H groups in total. The second kappa shape index (κ2) is 5.47. The van der Waals surface area contributed by atoms with Crippen molar-refractivity contribution in [1.82, 2.24) is 9.55 Å². The lowest BCUT2D eigenvalue weighted by atomic mass is 10.1. The van der Waals surface area contributed by atoms with Gasteiger partial charge in [0.2, 0.25) is 0 Å². The third-order valence-electron chi connectivity index (χ3n) is 3.78. The summed E-state index contributed by atoms with van der Waals surface area (Å²) in [5.41, 5.74) is 3.57. The lowest BCUT2D eigenvalue weighted by Gasteiger charge is -2.06. The monoisotopic (exact) mass is 276 g/mol. The van der Waals surface area contributed by atoms with Crippen LogP contribution < -0.4 is 0 Å². The van der Waals surface area contributed by atoms with Crippen molar-refractivity contribution in [2.45, 2.75) is 51.7 Å². The van der Waals surface area contributed by atoms with Crippen LogP contribution in [0.2, 0.25) is 0 Å². The SMILES string of the molecule is CCc1nc(Cn2cc3c(c2)C(O)CCCC3)cs1. The summed E-state index contributed by atoms with van der Waals surface area (Å²) in [5, 5.41) is 13.5. The maximum Gasteiger partial charge on any atom is 0.0926 e. The van der Waals surface area contributed by atoms with Crippen LogP contribution >= 0.6 is 11.3 Å². The molecule has 4 heteroatoms. The summed E-state index contributed by atoms with van der Waals surface area (Å²) >= 11 is 1.73. The highest BCUT2D eigenvalue weighted by Gasteiger charge is 2.18. The zero-order valence-corrected chi connectivity index (χ0v) is 12.1. The fourth-order valence-corrected chi connectivity index (χ4v) is 3.49. The van der Waals surface area contributed by atoms with Gasteiger partial charge in [-0.3, -0.25) is 0 Å². The lowest BCUT2D eigenvalue weighted by Crippen LogP contribution is -1.98. The van der Waals surface area contributed by atoms with Crippen LogP contribution in [0.1, 0.15) is 54.1 Å². The van der Waals surface area contributed by atoms with Crippen LogP contribution in [0.15, 0.2) is 17.8 Å². The smallest absolute Gasteiger partial charge is 0.0926 e. The first-order chi connectivity index (χ1) is 9.26. The molecule has 1 atom stereocenters. The highest BCUT2D eigenvalue weighted by atomic mass is 32.1. The molecule has 0 spiro atoms. The Morgan fingerprint density at radius 2 is 2.32 bits per heavy atom. The molecule has 19 heavy (non-hydrogen) atoms. The van der Waals surface area contributed by atoms with Crippen molar-refractivity contribution in [3.63, 3.8) is 0 Å². The molecule has 0 fully saturated rings. The first-order valence-electron chi connectivity index (χ1n) is 7.06. The molecule has 3 rings (SSSR count). The van der Waals surface area contributed by atoms with Gasteiger partial charge < -0.3 is 9.67 Å². The van der Waals surface area contributed by atoms with Gasteiger partial charge in [-0.15, -0.1) is 11.3 Å². The molecular formula is C15H20N2OS. The minimum Gasteiger partial charge on any atom is -0.388 e. The topological polar surface area (TPSA) is 38.0 Å². The van der Waals surface area contributed by atoms with Gasteiger partial charge in [-0.2, -0.15) is 0 Å². The fraction of sp³-hybridized carbons (Fsp3) is 0.533. The largest absolute Gasteiger partial charge is 0.388 e. The quantitative estimate of drug-likeness (QED) is 0.873. The zero-order chi connectivity index (χ0) is 13.2. The predicted octanol–water partition coefficient (Wildman–Crippen LogP) is 3.32. The third-order valence-corrected chi connectivity index (χ3v) is 4.82. The van der Waals surface area contributed by atoms with Gasteiger partial charge in [0.1, 0.15) is 0 Å². The van der Waals surface area contributed by atoms with Gasteiger partial charge in [-0.05, 0) is 31.2 Å². The molecule has 2 aromatic heterocycles. The van der Waals surface area contributed by atoms with E-state index in [1.807, 2.05) is 0 Å². The molecule has 0 saturated carbocycles. The van der Waals surface area contributed by atoms with Crippen molar-refractivity contribution in [1.29, 1.82) is 0 Å². The molecule has 2 aromatic rings. The average Bonchev–Trinajstić information content (AvgIpc) is 2.98. The van der Waals surface area contributed by atoms with Crippen LogP contribution in [0, 0.1) is 0 Å². The van der Waals surface area contributed by atoms with Gasteiger partial charge in [-0.1, -0.05) is 13.3 Å². The number of aromatic nitrogens is 2. The van der Waals surface area contributed by atoms with Crippen molar-refractivity contribution in [2.75, 3.05) is 0 Å². The van der Waals surface area contributed by atoms with Crippen LogP contribution in [-0.2, 0) is 19.4 Å². The van der Waals surface area contributed by atoms with Crippen LogP contribution in [-0.4, -0.2) is 14.7 Å². The summed E-state index contributed by atoms with van der Waals surface area (Å²) < 4.78 is 2.17. The third kappa shape index (κ3) is 2.74. The van der Waals surface area contributed by atoms with Crippen molar-refractivity contribution in [3.8, 4) is 0 Å². The van der Waals surface area contributed by atoms with E-state index in [4.69, 9.17) is 0 Å². The van der Waals surface area contributed by atoms with Gasteiger partial charge in [0, 0.05) is 23.3 Å². The molecule has 1 aliphatic carbocycles. The van der Waals surface area contributed by atoms with Crippen LogP contribution in [0.5, 0.6) is 0 Å². The van der Waals surface area contributed by atoms with E-state index in [2.05, 4.69) is 34.2 Å². The molecule has 0 bridgehead atoms. The molecular weight excluding hydrogens is 256 g/mol. The Hall–Kier alpha value is -1.13. The number of fused-ring (bicyclic) bond motifs is 1. The lowest BCUT2D eigenvalue weighted by molar-refractivity contribution is 0.166. The average molecular weight is 276 g/mol. The van der Waals surface area contributed by atoms with E-state index >= 15 is 0 Å². The Morgan fingerprint density at radius 1 is 1.42 bits per heavy atom. The van der Waals surface area contributed by atoms with Crippen LogP contribution in [0.3, 0.4) is 0 Å². The maximum absolute atomic E-state index is 10.1. The summed E-state index contributed by atoms with van der Waals surface area (Å²) in [7, 11) is 0. The number of hydrogen-bond acceptors (Lipinski definition) is 3. The van der Waals surface area contributed by atoms with Gasteiger partial charge in [0.25, 0.3) is 0 Å². The molecule has 0 aromatic carbocycles. The van der Waals surface area contributed by atoms with Crippen molar-refractivity contribution < 1.29 is 5.11 Å². The number of aryl methyl sites for hydroxylation is 2. The molecule has 1 unspecified atom stereocenters. The normalized spacial score (nSPS) is 19.2. The maximum atomic E-state index is 10.1. The number of thiazole rings is 1. The zero-order valence-electron chi connectivity index (χ0n) is 11.3. The number of nitrogens with zero attached hydrogens (tertiary/aromatic N) is 2. The second-order valence-corrected chi connectivity index (χ2v) is 6.20. The van der Waals surface area contributed by atoms with Crippen LogP contribution in [0.25, 0.3) is 0 Å². The van der Waals surface area contributed by atoms with Gasteiger partial charge in [-0.25, -0.2) is 4.98 Å². The molecule has 0 radical (unpaired) electrons. The van der Waals surface area contributed by atoms with E-state index < -0.39 is 0 Å². The number of rotatable bonds is 3. The minimum absolute atomic E-state index is 0.277. The van der Waals surface area contributed by atoms with E-state index in [-0.39, 0.29) is 6.10 Å². The number of aliphatic hydroxyl groups excluding tert-OH is 1. The fourth-order valence-electron chi connectivity index (χ4n) is 2.75. The Bertz CT molecular complexity index is 558. The van der Waals surface area contributed by atoms with E-state index in [1.165, 1.54) is 17.0 Å². The highest BCUT2D eigenvalue weighted by molar-refractivity contribution is 7.09. The van der Waals surface area contributed by atoms with Gasteiger partial charge in [0.05, 0.1) is 23.4 Å². The van der Waals surface area contributed by atoms with E-state index in [9.17, 15) is 5.11 Å². The minimum atomic E-state index is -0.277. The summed E-state index contributed by atoms with van der Waals surface area (Å²) in [5.74, 6) is 0.